The van der Waals surface area contributed by atoms with Gasteiger partial charge >= 0.3 is 6.18 Å². The number of halogens is 3. The molecule has 2 N–H and O–H groups in total. The standard InChI is InChI=1S/C13H16F3NO/c14-13(15,16)11-3-1-9(2-4-11)10-5-6-17-12(7-10)8-18/h1-4,10,12,17-18H,5-8H2. The first-order chi connectivity index (χ1) is 8.50. The van der Waals surface area contributed by atoms with Gasteiger partial charge in [0.25, 0.3) is 0 Å². The summed E-state index contributed by atoms with van der Waals surface area (Å²) < 4.78 is 37.3. The molecule has 2 nitrogen and oxygen atoms in total. The minimum atomic E-state index is -4.28. The molecule has 1 aliphatic heterocycles. The molecule has 0 amide bonds. The topological polar surface area (TPSA) is 32.3 Å². The molecule has 0 saturated carbocycles. The van der Waals surface area contributed by atoms with E-state index in [1.54, 1.807) is 12.1 Å². The highest BCUT2D eigenvalue weighted by molar-refractivity contribution is 5.27. The molecule has 0 radical (unpaired) electrons. The second-order valence-corrected chi connectivity index (χ2v) is 4.67. The molecule has 1 aromatic rings. The van der Waals surface area contributed by atoms with Gasteiger partial charge in [0, 0.05) is 6.04 Å². The monoisotopic (exact) mass is 259 g/mol. The van der Waals surface area contributed by atoms with Crippen molar-refractivity contribution in [3.05, 3.63) is 35.4 Å². The fourth-order valence-electron chi connectivity index (χ4n) is 2.39. The van der Waals surface area contributed by atoms with E-state index < -0.39 is 11.7 Å². The lowest BCUT2D eigenvalue weighted by Gasteiger charge is -2.29. The molecular formula is C13H16F3NO. The molecule has 0 spiro atoms. The minimum absolute atomic E-state index is 0.0473. The zero-order valence-electron chi connectivity index (χ0n) is 9.87. The predicted octanol–water partition coefficient (Wildman–Crippen LogP) is 2.53. The minimum Gasteiger partial charge on any atom is -0.395 e. The van der Waals surface area contributed by atoms with E-state index in [1.807, 2.05) is 0 Å². The zero-order valence-corrected chi connectivity index (χ0v) is 9.87. The van der Waals surface area contributed by atoms with Crippen molar-refractivity contribution < 1.29 is 18.3 Å². The highest BCUT2D eigenvalue weighted by Crippen LogP contribution is 2.32. The number of piperidine rings is 1. The number of benzene rings is 1. The molecular weight excluding hydrogens is 243 g/mol. The average molecular weight is 259 g/mol. The quantitative estimate of drug-likeness (QED) is 0.855. The Bertz CT molecular complexity index is 388. The summed E-state index contributed by atoms with van der Waals surface area (Å²) in [6.07, 6.45) is -2.62. The van der Waals surface area contributed by atoms with Gasteiger partial charge in [0.15, 0.2) is 0 Å². The highest BCUT2D eigenvalue weighted by Gasteiger charge is 2.30. The summed E-state index contributed by atoms with van der Waals surface area (Å²) in [6.45, 7) is 0.855. The first kappa shape index (κ1) is 13.4. The van der Waals surface area contributed by atoms with Crippen molar-refractivity contribution in [1.82, 2.24) is 5.32 Å². The number of alkyl halides is 3. The van der Waals surface area contributed by atoms with E-state index in [0.29, 0.717) is 0 Å². The Hall–Kier alpha value is -1.07. The molecule has 18 heavy (non-hydrogen) atoms. The Morgan fingerprint density at radius 3 is 2.44 bits per heavy atom. The Labute approximate surface area is 104 Å². The molecule has 0 aromatic heterocycles. The predicted molar refractivity (Wildman–Crippen MR) is 62.3 cm³/mol. The molecule has 5 heteroatoms. The zero-order chi connectivity index (χ0) is 13.2. The molecule has 2 atom stereocenters. The second kappa shape index (κ2) is 5.28. The van der Waals surface area contributed by atoms with Gasteiger partial charge in [0.1, 0.15) is 0 Å². The maximum Gasteiger partial charge on any atom is 0.416 e. The van der Waals surface area contributed by atoms with Gasteiger partial charge < -0.3 is 10.4 Å². The lowest BCUT2D eigenvalue weighted by molar-refractivity contribution is -0.137. The van der Waals surface area contributed by atoms with Gasteiger partial charge in [-0.3, -0.25) is 0 Å². The normalized spacial score (nSPS) is 25.1. The molecule has 2 unspecified atom stereocenters. The summed E-state index contributed by atoms with van der Waals surface area (Å²) >= 11 is 0. The van der Waals surface area contributed by atoms with Crippen molar-refractivity contribution in [3.63, 3.8) is 0 Å². The Morgan fingerprint density at radius 1 is 1.22 bits per heavy atom. The smallest absolute Gasteiger partial charge is 0.395 e. The van der Waals surface area contributed by atoms with Crippen LogP contribution < -0.4 is 5.32 Å². The lowest BCUT2D eigenvalue weighted by atomic mass is 9.86. The maximum atomic E-state index is 12.4. The average Bonchev–Trinajstić information content (AvgIpc) is 2.38. The van der Waals surface area contributed by atoms with E-state index in [2.05, 4.69) is 5.32 Å². The van der Waals surface area contributed by atoms with Crippen LogP contribution >= 0.6 is 0 Å². The van der Waals surface area contributed by atoms with Crippen LogP contribution in [0.15, 0.2) is 24.3 Å². The van der Waals surface area contributed by atoms with Gasteiger partial charge in [-0.1, -0.05) is 12.1 Å². The van der Waals surface area contributed by atoms with Gasteiger partial charge in [0.2, 0.25) is 0 Å². The maximum absolute atomic E-state index is 12.4. The summed E-state index contributed by atoms with van der Waals surface area (Å²) in [4.78, 5) is 0. The molecule has 1 saturated heterocycles. The molecule has 100 valence electrons. The Kier molecular flexibility index (Phi) is 3.92. The summed E-state index contributed by atoms with van der Waals surface area (Å²) in [5.41, 5.74) is 0.307. The fraction of sp³-hybridized carbons (Fsp3) is 0.538. The van der Waals surface area contributed by atoms with Crippen molar-refractivity contribution in [2.75, 3.05) is 13.2 Å². The van der Waals surface area contributed by atoms with Gasteiger partial charge in [-0.05, 0) is 43.0 Å². The van der Waals surface area contributed by atoms with Crippen LogP contribution in [0, 0.1) is 0 Å². The van der Waals surface area contributed by atoms with Gasteiger partial charge in [0.05, 0.1) is 12.2 Å². The lowest BCUT2D eigenvalue weighted by Crippen LogP contribution is -2.39. The largest absolute Gasteiger partial charge is 0.416 e. The van der Waals surface area contributed by atoms with Crippen molar-refractivity contribution >= 4 is 0 Å². The fourth-order valence-corrected chi connectivity index (χ4v) is 2.39. The second-order valence-electron chi connectivity index (χ2n) is 4.67. The first-order valence-electron chi connectivity index (χ1n) is 6.02. The van der Waals surface area contributed by atoms with Crippen LogP contribution in [0.1, 0.15) is 29.9 Å². The van der Waals surface area contributed by atoms with E-state index in [1.165, 1.54) is 0 Å². The van der Waals surface area contributed by atoms with E-state index in [-0.39, 0.29) is 18.6 Å². The van der Waals surface area contributed by atoms with Gasteiger partial charge in [-0.25, -0.2) is 0 Å². The third kappa shape index (κ3) is 3.03. The third-order valence-corrected chi connectivity index (χ3v) is 3.42. The molecule has 1 fully saturated rings. The van der Waals surface area contributed by atoms with Crippen LogP contribution in [0.2, 0.25) is 0 Å². The van der Waals surface area contributed by atoms with Gasteiger partial charge in [-0.2, -0.15) is 13.2 Å². The van der Waals surface area contributed by atoms with Crippen molar-refractivity contribution in [2.45, 2.75) is 31.0 Å². The van der Waals surface area contributed by atoms with Gasteiger partial charge in [-0.15, -0.1) is 0 Å². The highest BCUT2D eigenvalue weighted by atomic mass is 19.4. The SMILES string of the molecule is OCC1CC(c2ccc(C(F)(F)F)cc2)CCN1. The molecule has 2 rings (SSSR count). The number of aliphatic hydroxyl groups excluding tert-OH is 1. The van der Waals surface area contributed by atoms with Crippen LogP contribution in [0.25, 0.3) is 0 Å². The first-order valence-corrected chi connectivity index (χ1v) is 6.02. The summed E-state index contributed by atoms with van der Waals surface area (Å²) in [5, 5.41) is 12.3. The van der Waals surface area contributed by atoms with E-state index in [0.717, 1.165) is 37.1 Å². The molecule has 0 aliphatic carbocycles. The van der Waals surface area contributed by atoms with Crippen molar-refractivity contribution in [2.24, 2.45) is 0 Å². The summed E-state index contributed by atoms with van der Waals surface area (Å²) in [7, 11) is 0. The van der Waals surface area contributed by atoms with Crippen LogP contribution in [0.4, 0.5) is 13.2 Å². The van der Waals surface area contributed by atoms with Crippen molar-refractivity contribution in [1.29, 1.82) is 0 Å². The van der Waals surface area contributed by atoms with Crippen molar-refractivity contribution in [3.8, 4) is 0 Å². The third-order valence-electron chi connectivity index (χ3n) is 3.42. The van der Waals surface area contributed by atoms with Crippen LogP contribution in [-0.4, -0.2) is 24.3 Å². The van der Waals surface area contributed by atoms with E-state index in [4.69, 9.17) is 5.11 Å². The van der Waals surface area contributed by atoms with E-state index >= 15 is 0 Å². The van der Waals surface area contributed by atoms with Crippen LogP contribution in [0.5, 0.6) is 0 Å². The molecule has 1 aromatic carbocycles. The molecule has 1 aliphatic rings. The number of hydrogen-bond donors (Lipinski definition) is 2. The number of rotatable bonds is 2. The Balaban J connectivity index is 2.09. The molecule has 0 bridgehead atoms. The summed E-state index contributed by atoms with van der Waals surface area (Å²) in [5.74, 6) is 0.227. The Morgan fingerprint density at radius 2 is 1.89 bits per heavy atom. The number of hydrogen-bond acceptors (Lipinski definition) is 2. The van der Waals surface area contributed by atoms with Crippen LogP contribution in [0.3, 0.4) is 0 Å². The number of nitrogens with one attached hydrogen (secondary N) is 1. The van der Waals surface area contributed by atoms with Crippen LogP contribution in [-0.2, 0) is 6.18 Å². The van der Waals surface area contributed by atoms with E-state index in [9.17, 15) is 13.2 Å². The number of aliphatic hydroxyl groups is 1. The summed E-state index contributed by atoms with van der Waals surface area (Å²) in [6, 6.07) is 5.41. The molecule has 1 heterocycles.